The number of rotatable bonds is 6. The average Bonchev–Trinajstić information content (AvgIpc) is 2.85. The Balaban J connectivity index is 0.00000225. The second-order valence-electron chi connectivity index (χ2n) is 6.51. The van der Waals surface area contributed by atoms with Crippen molar-refractivity contribution < 1.29 is 13.6 Å². The maximum absolute atomic E-state index is 13.9. The second-order valence-corrected chi connectivity index (χ2v) is 7.51. The molecule has 1 aliphatic carbocycles. The van der Waals surface area contributed by atoms with E-state index in [1.807, 2.05) is 14.1 Å². The summed E-state index contributed by atoms with van der Waals surface area (Å²) >= 11 is 1.17. The molecule has 0 radical (unpaired) electrons. The van der Waals surface area contributed by atoms with E-state index in [-0.39, 0.29) is 29.7 Å². The zero-order chi connectivity index (χ0) is 17.3. The summed E-state index contributed by atoms with van der Waals surface area (Å²) < 4.78 is 27.7. The molecule has 4 nitrogen and oxygen atoms in total. The van der Waals surface area contributed by atoms with Crippen LogP contribution in [0.1, 0.15) is 25.7 Å². The Kier molecular flexibility index (Phi) is 6.71. The number of carbonyl (C=O) groups excluding carboxylic acids is 1. The van der Waals surface area contributed by atoms with Crippen LogP contribution in [0.15, 0.2) is 12.1 Å². The zero-order valence-electron chi connectivity index (χ0n) is 14.3. The molecular formula is C17H22ClF2N3OS. The number of aromatic nitrogens is 1. The van der Waals surface area contributed by atoms with Gasteiger partial charge in [0.2, 0.25) is 5.91 Å². The summed E-state index contributed by atoms with van der Waals surface area (Å²) in [6, 6.07) is 2.10. The van der Waals surface area contributed by atoms with E-state index in [0.717, 1.165) is 38.3 Å². The van der Waals surface area contributed by atoms with E-state index in [4.69, 9.17) is 0 Å². The first-order valence-corrected chi connectivity index (χ1v) is 8.99. The highest BCUT2D eigenvalue weighted by Crippen LogP contribution is 2.35. The van der Waals surface area contributed by atoms with Crippen molar-refractivity contribution in [2.45, 2.75) is 25.7 Å². The van der Waals surface area contributed by atoms with Crippen LogP contribution in [0, 0.1) is 17.6 Å². The number of hydrogen-bond acceptors (Lipinski definition) is 4. The number of amides is 1. The van der Waals surface area contributed by atoms with Gasteiger partial charge in [0.25, 0.3) is 0 Å². The van der Waals surface area contributed by atoms with E-state index in [1.165, 1.54) is 17.4 Å². The molecule has 1 saturated carbocycles. The van der Waals surface area contributed by atoms with Crippen molar-refractivity contribution in [3.8, 4) is 0 Å². The first kappa shape index (κ1) is 20.0. The van der Waals surface area contributed by atoms with Gasteiger partial charge in [0.05, 0.1) is 4.70 Å². The van der Waals surface area contributed by atoms with Crippen molar-refractivity contribution in [2.24, 2.45) is 5.92 Å². The molecule has 0 N–H and O–H groups in total. The average molecular weight is 390 g/mol. The van der Waals surface area contributed by atoms with Gasteiger partial charge in [-0.2, -0.15) is 0 Å². The molecule has 0 aliphatic heterocycles. The Labute approximate surface area is 156 Å². The van der Waals surface area contributed by atoms with E-state index in [9.17, 15) is 13.6 Å². The molecule has 138 valence electrons. The van der Waals surface area contributed by atoms with E-state index in [1.54, 1.807) is 4.90 Å². The summed E-state index contributed by atoms with van der Waals surface area (Å²) in [6.45, 7) is 1.39. The van der Waals surface area contributed by atoms with E-state index < -0.39 is 11.6 Å². The summed E-state index contributed by atoms with van der Waals surface area (Å²) in [5.41, 5.74) is 0.135. The minimum Gasteiger partial charge on any atom is -0.309 e. The highest BCUT2D eigenvalue weighted by molar-refractivity contribution is 7.22. The molecule has 3 rings (SSSR count). The topological polar surface area (TPSA) is 36.4 Å². The molecule has 25 heavy (non-hydrogen) atoms. The molecule has 1 heterocycles. The van der Waals surface area contributed by atoms with Crippen LogP contribution in [-0.4, -0.2) is 43.0 Å². The van der Waals surface area contributed by atoms with Crippen LogP contribution in [-0.2, 0) is 4.79 Å². The number of fused-ring (bicyclic) bond motifs is 1. The van der Waals surface area contributed by atoms with Gasteiger partial charge in [-0.15, -0.1) is 12.4 Å². The van der Waals surface area contributed by atoms with Gasteiger partial charge >= 0.3 is 0 Å². The highest BCUT2D eigenvalue weighted by atomic mass is 35.5. The maximum Gasteiger partial charge on any atom is 0.231 e. The van der Waals surface area contributed by atoms with Crippen molar-refractivity contribution in [1.82, 2.24) is 9.88 Å². The number of halogens is 3. The van der Waals surface area contributed by atoms with Gasteiger partial charge in [0.15, 0.2) is 10.9 Å². The summed E-state index contributed by atoms with van der Waals surface area (Å²) in [4.78, 5) is 20.7. The van der Waals surface area contributed by atoms with Gasteiger partial charge in [0, 0.05) is 18.5 Å². The number of benzene rings is 1. The predicted molar refractivity (Wildman–Crippen MR) is 99.6 cm³/mol. The van der Waals surface area contributed by atoms with Crippen LogP contribution >= 0.6 is 23.7 Å². The van der Waals surface area contributed by atoms with Crippen molar-refractivity contribution >= 4 is 45.0 Å². The van der Waals surface area contributed by atoms with Crippen molar-refractivity contribution in [3.05, 3.63) is 23.8 Å². The third kappa shape index (κ3) is 4.46. The quantitative estimate of drug-likeness (QED) is 0.746. The van der Waals surface area contributed by atoms with E-state index >= 15 is 0 Å². The number of anilines is 1. The van der Waals surface area contributed by atoms with Crippen LogP contribution in [0.3, 0.4) is 0 Å². The summed E-state index contributed by atoms with van der Waals surface area (Å²) in [6.07, 6.45) is 3.67. The summed E-state index contributed by atoms with van der Waals surface area (Å²) in [5.74, 6) is -1.21. The molecule has 0 bridgehead atoms. The molecule has 1 aromatic heterocycles. The van der Waals surface area contributed by atoms with Gasteiger partial charge in [-0.3, -0.25) is 9.69 Å². The zero-order valence-corrected chi connectivity index (χ0v) is 15.9. The van der Waals surface area contributed by atoms with Crippen LogP contribution in [0.4, 0.5) is 13.9 Å². The molecule has 1 amide bonds. The van der Waals surface area contributed by atoms with Crippen molar-refractivity contribution in [1.29, 1.82) is 0 Å². The fourth-order valence-electron chi connectivity index (χ4n) is 2.78. The van der Waals surface area contributed by atoms with Gasteiger partial charge in [-0.1, -0.05) is 17.8 Å². The van der Waals surface area contributed by atoms with Crippen LogP contribution < -0.4 is 4.90 Å². The lowest BCUT2D eigenvalue weighted by Crippen LogP contribution is -2.40. The normalized spacial score (nSPS) is 14.4. The molecule has 8 heteroatoms. The molecule has 2 aromatic rings. The molecule has 1 aromatic carbocycles. The van der Waals surface area contributed by atoms with Crippen LogP contribution in [0.25, 0.3) is 10.2 Å². The Hall–Kier alpha value is -1.31. The van der Waals surface area contributed by atoms with Crippen LogP contribution in [0.2, 0.25) is 0 Å². The predicted octanol–water partition coefficient (Wildman–Crippen LogP) is 4.08. The van der Waals surface area contributed by atoms with Gasteiger partial charge in [0.1, 0.15) is 11.3 Å². The first-order chi connectivity index (χ1) is 11.5. The first-order valence-electron chi connectivity index (χ1n) is 8.17. The lowest BCUT2D eigenvalue weighted by Gasteiger charge is -2.30. The van der Waals surface area contributed by atoms with E-state index in [0.29, 0.717) is 16.4 Å². The molecule has 1 aliphatic rings. The number of carbonyl (C=O) groups is 1. The van der Waals surface area contributed by atoms with Crippen LogP contribution in [0.5, 0.6) is 0 Å². The largest absolute Gasteiger partial charge is 0.309 e. The summed E-state index contributed by atoms with van der Waals surface area (Å²) in [5, 5.41) is 0.463. The maximum atomic E-state index is 13.9. The lowest BCUT2D eigenvalue weighted by atomic mass is 9.84. The number of hydrogen-bond donors (Lipinski definition) is 0. The van der Waals surface area contributed by atoms with Gasteiger partial charge < -0.3 is 4.90 Å². The Bertz CT molecular complexity index is 749. The van der Waals surface area contributed by atoms with E-state index in [2.05, 4.69) is 9.88 Å². The number of nitrogens with zero attached hydrogens (tertiary/aromatic N) is 3. The Morgan fingerprint density at radius 3 is 2.60 bits per heavy atom. The smallest absolute Gasteiger partial charge is 0.231 e. The monoisotopic (exact) mass is 389 g/mol. The SMILES string of the molecule is CN(C)CCCN(C(=O)C1CCC1)c1nc2c(F)cc(F)cc2s1.Cl. The molecule has 0 atom stereocenters. The standard InChI is InChI=1S/C17H21F2N3OS.ClH/c1-21(2)7-4-8-22(16(23)11-5-3-6-11)17-20-15-13(19)9-12(18)10-14(15)24-17;/h9-11H,3-8H2,1-2H3;1H. The molecule has 0 unspecified atom stereocenters. The molecular weight excluding hydrogens is 368 g/mol. The minimum absolute atomic E-state index is 0. The summed E-state index contributed by atoms with van der Waals surface area (Å²) in [7, 11) is 3.96. The minimum atomic E-state index is -0.683. The van der Waals surface area contributed by atoms with Gasteiger partial charge in [-0.05, 0) is 46.0 Å². The molecule has 0 saturated heterocycles. The van der Waals surface area contributed by atoms with Gasteiger partial charge in [-0.25, -0.2) is 13.8 Å². The Morgan fingerprint density at radius 2 is 2.00 bits per heavy atom. The fourth-order valence-corrected chi connectivity index (χ4v) is 3.82. The lowest BCUT2D eigenvalue weighted by molar-refractivity contribution is -0.124. The highest BCUT2D eigenvalue weighted by Gasteiger charge is 2.31. The fraction of sp³-hybridized carbons (Fsp3) is 0.529. The Morgan fingerprint density at radius 1 is 1.28 bits per heavy atom. The number of thiazole rings is 1. The molecule has 1 fully saturated rings. The third-order valence-corrected chi connectivity index (χ3v) is 5.37. The second kappa shape index (κ2) is 8.38. The van der Waals surface area contributed by atoms with Crippen molar-refractivity contribution in [3.63, 3.8) is 0 Å². The molecule has 0 spiro atoms. The van der Waals surface area contributed by atoms with Crippen molar-refractivity contribution in [2.75, 3.05) is 32.1 Å². The third-order valence-electron chi connectivity index (χ3n) is 4.34.